The Bertz CT molecular complexity index is 1380. The summed E-state index contributed by atoms with van der Waals surface area (Å²) in [5.41, 5.74) is 0.855. The lowest BCUT2D eigenvalue weighted by atomic mass is 10.1. The first-order chi connectivity index (χ1) is 17.2. The molecule has 0 saturated carbocycles. The molecule has 0 saturated heterocycles. The van der Waals surface area contributed by atoms with Crippen molar-refractivity contribution in [3.8, 4) is 11.4 Å². The van der Waals surface area contributed by atoms with Gasteiger partial charge in [0.1, 0.15) is 5.75 Å². The molecule has 1 heterocycles. The molecule has 0 aliphatic rings. The first kappa shape index (κ1) is 25.6. The monoisotopic (exact) mass is 532 g/mol. The van der Waals surface area contributed by atoms with Crippen LogP contribution in [0, 0.1) is 0 Å². The number of carbonyl (C=O) groups excluding carboxylic acids is 1. The number of hydrogen-bond donors (Lipinski definition) is 1. The van der Waals surface area contributed by atoms with Gasteiger partial charge in [0.15, 0.2) is 11.0 Å². The van der Waals surface area contributed by atoms with Crippen LogP contribution in [-0.2, 0) is 18.5 Å². The predicted octanol–water partition coefficient (Wildman–Crippen LogP) is 6.17. The molecule has 186 valence electrons. The first-order valence-electron chi connectivity index (χ1n) is 10.7. The van der Waals surface area contributed by atoms with Gasteiger partial charge in [-0.1, -0.05) is 53.7 Å². The molecule has 1 aromatic heterocycles. The summed E-state index contributed by atoms with van der Waals surface area (Å²) in [6, 6.07) is 18.9. The van der Waals surface area contributed by atoms with Crippen LogP contribution in [0.3, 0.4) is 0 Å². The molecular formula is C25H20ClF3N4O2S. The van der Waals surface area contributed by atoms with Crippen LogP contribution in [-0.4, -0.2) is 27.8 Å². The van der Waals surface area contributed by atoms with Crippen LogP contribution in [0.1, 0.15) is 27.3 Å². The van der Waals surface area contributed by atoms with E-state index in [0.717, 1.165) is 12.1 Å². The normalized spacial score (nSPS) is 11.4. The van der Waals surface area contributed by atoms with E-state index < -0.39 is 11.7 Å². The van der Waals surface area contributed by atoms with Gasteiger partial charge in [0.25, 0.3) is 5.91 Å². The van der Waals surface area contributed by atoms with Gasteiger partial charge in [-0.25, -0.2) is 0 Å². The fourth-order valence-corrected chi connectivity index (χ4v) is 4.49. The minimum absolute atomic E-state index is 0.0552. The van der Waals surface area contributed by atoms with Gasteiger partial charge >= 0.3 is 6.18 Å². The van der Waals surface area contributed by atoms with E-state index in [1.807, 2.05) is 0 Å². The number of ether oxygens (including phenoxy) is 1. The van der Waals surface area contributed by atoms with Crippen molar-refractivity contribution in [2.45, 2.75) is 23.6 Å². The Morgan fingerprint density at radius 1 is 1.06 bits per heavy atom. The molecule has 36 heavy (non-hydrogen) atoms. The molecule has 4 rings (SSSR count). The van der Waals surface area contributed by atoms with Gasteiger partial charge in [0.05, 0.1) is 24.9 Å². The average Bonchev–Trinajstić information content (AvgIpc) is 3.28. The van der Waals surface area contributed by atoms with Gasteiger partial charge in [-0.15, -0.1) is 10.2 Å². The summed E-state index contributed by atoms with van der Waals surface area (Å²) >= 11 is 7.41. The summed E-state index contributed by atoms with van der Waals surface area (Å²) < 4.78 is 46.1. The van der Waals surface area contributed by atoms with E-state index >= 15 is 0 Å². The average molecular weight is 533 g/mol. The Hall–Kier alpha value is -3.50. The first-order valence-corrected chi connectivity index (χ1v) is 12.0. The molecule has 0 atom stereocenters. The van der Waals surface area contributed by atoms with Crippen LogP contribution in [0.2, 0.25) is 5.02 Å². The van der Waals surface area contributed by atoms with Gasteiger partial charge in [-0.3, -0.25) is 9.36 Å². The number of benzene rings is 3. The van der Waals surface area contributed by atoms with Crippen molar-refractivity contribution in [1.29, 1.82) is 0 Å². The third-order valence-electron chi connectivity index (χ3n) is 5.13. The van der Waals surface area contributed by atoms with E-state index in [1.54, 1.807) is 59.2 Å². The molecule has 3 aromatic carbocycles. The third kappa shape index (κ3) is 6.19. The third-order valence-corrected chi connectivity index (χ3v) is 6.36. The van der Waals surface area contributed by atoms with Crippen molar-refractivity contribution in [2.24, 2.45) is 0 Å². The van der Waals surface area contributed by atoms with Gasteiger partial charge in [0, 0.05) is 16.3 Å². The number of nitrogens with one attached hydrogen (secondary N) is 1. The zero-order chi connectivity index (χ0) is 25.7. The highest BCUT2D eigenvalue weighted by atomic mass is 35.5. The quantitative estimate of drug-likeness (QED) is 0.275. The number of hydrogen-bond acceptors (Lipinski definition) is 5. The predicted molar refractivity (Wildman–Crippen MR) is 132 cm³/mol. The van der Waals surface area contributed by atoms with Crippen LogP contribution >= 0.6 is 23.4 Å². The smallest absolute Gasteiger partial charge is 0.416 e. The molecule has 0 aliphatic heterocycles. The van der Waals surface area contributed by atoms with Crippen molar-refractivity contribution in [3.05, 3.63) is 100 Å². The second kappa shape index (κ2) is 11.0. The number of amides is 1. The van der Waals surface area contributed by atoms with Crippen molar-refractivity contribution in [2.75, 3.05) is 7.11 Å². The zero-order valence-electron chi connectivity index (χ0n) is 18.9. The summed E-state index contributed by atoms with van der Waals surface area (Å²) in [6.07, 6.45) is -4.42. The maximum Gasteiger partial charge on any atom is 0.416 e. The molecule has 11 heteroatoms. The number of halogens is 4. The Morgan fingerprint density at radius 3 is 2.58 bits per heavy atom. The summed E-state index contributed by atoms with van der Waals surface area (Å²) in [5, 5.41) is 12.2. The van der Waals surface area contributed by atoms with E-state index in [9.17, 15) is 18.0 Å². The number of methoxy groups -OCH3 is 1. The molecule has 0 unspecified atom stereocenters. The van der Waals surface area contributed by atoms with Gasteiger partial charge in [-0.2, -0.15) is 13.2 Å². The zero-order valence-corrected chi connectivity index (χ0v) is 20.5. The van der Waals surface area contributed by atoms with Crippen molar-refractivity contribution >= 4 is 29.3 Å². The topological polar surface area (TPSA) is 69.0 Å². The number of rotatable bonds is 8. The second-order valence-electron chi connectivity index (χ2n) is 7.62. The number of nitrogens with zero attached hydrogens (tertiary/aromatic N) is 3. The number of alkyl halides is 3. The Morgan fingerprint density at radius 2 is 1.83 bits per heavy atom. The fourth-order valence-electron chi connectivity index (χ4n) is 3.39. The van der Waals surface area contributed by atoms with Crippen LogP contribution in [0.25, 0.3) is 5.69 Å². The van der Waals surface area contributed by atoms with E-state index in [0.29, 0.717) is 38.6 Å². The molecule has 0 aliphatic carbocycles. The van der Waals surface area contributed by atoms with Crippen LogP contribution in [0.4, 0.5) is 13.2 Å². The summed E-state index contributed by atoms with van der Waals surface area (Å²) in [6.45, 7) is 0.0552. The summed E-state index contributed by atoms with van der Waals surface area (Å²) in [4.78, 5) is 12.7. The largest absolute Gasteiger partial charge is 0.497 e. The molecule has 0 spiro atoms. The lowest BCUT2D eigenvalue weighted by molar-refractivity contribution is -0.137. The van der Waals surface area contributed by atoms with Gasteiger partial charge < -0.3 is 10.1 Å². The highest BCUT2D eigenvalue weighted by Gasteiger charge is 2.30. The Labute approximate surface area is 214 Å². The molecule has 0 bridgehead atoms. The van der Waals surface area contributed by atoms with E-state index in [-0.39, 0.29) is 18.2 Å². The number of carbonyl (C=O) groups is 1. The second-order valence-corrected chi connectivity index (χ2v) is 8.99. The lowest BCUT2D eigenvalue weighted by Gasteiger charge is -2.12. The van der Waals surface area contributed by atoms with Gasteiger partial charge in [-0.05, 0) is 48.0 Å². The molecule has 1 amide bonds. The van der Waals surface area contributed by atoms with Crippen LogP contribution in [0.15, 0.2) is 78.0 Å². The number of aromatic nitrogens is 3. The lowest BCUT2D eigenvalue weighted by Crippen LogP contribution is -2.24. The molecular weight excluding hydrogens is 513 g/mol. The minimum Gasteiger partial charge on any atom is -0.497 e. The Kier molecular flexibility index (Phi) is 7.85. The maximum absolute atomic E-state index is 13.1. The Balaban J connectivity index is 1.57. The van der Waals surface area contributed by atoms with E-state index in [2.05, 4.69) is 15.5 Å². The van der Waals surface area contributed by atoms with Crippen LogP contribution < -0.4 is 10.1 Å². The van der Waals surface area contributed by atoms with Crippen molar-refractivity contribution < 1.29 is 22.7 Å². The highest BCUT2D eigenvalue weighted by Crippen LogP contribution is 2.32. The summed E-state index contributed by atoms with van der Waals surface area (Å²) in [7, 11) is 1.52. The van der Waals surface area contributed by atoms with Crippen LogP contribution in [0.5, 0.6) is 5.75 Å². The molecule has 1 N–H and O–H groups in total. The number of thioether (sulfide) groups is 1. The van der Waals surface area contributed by atoms with E-state index in [1.165, 1.54) is 24.9 Å². The fraction of sp³-hybridized carbons (Fsp3) is 0.160. The maximum atomic E-state index is 13.1. The molecule has 0 radical (unpaired) electrons. The molecule has 4 aromatic rings. The summed E-state index contributed by atoms with van der Waals surface area (Å²) in [5.74, 6) is 0.893. The standard InChI is InChI=1S/C25H20ClF3N4O2S/c1-35-21-10-3-6-17(12-21)23(34)30-14-22-31-32-24(33(22)20-9-4-8-19(26)13-20)36-15-16-5-2-7-18(11-16)25(27,28)29/h2-13H,14-15H2,1H3,(H,30,34). The van der Waals surface area contributed by atoms with Gasteiger partial charge in [0.2, 0.25) is 0 Å². The SMILES string of the molecule is COc1cccc(C(=O)NCc2nnc(SCc3cccc(C(F)(F)F)c3)n2-c2cccc(Cl)c2)c1. The van der Waals surface area contributed by atoms with Crippen molar-refractivity contribution in [3.63, 3.8) is 0 Å². The molecule has 6 nitrogen and oxygen atoms in total. The highest BCUT2D eigenvalue weighted by molar-refractivity contribution is 7.98. The van der Waals surface area contributed by atoms with Crippen molar-refractivity contribution in [1.82, 2.24) is 20.1 Å². The molecule has 0 fully saturated rings. The minimum atomic E-state index is -4.42. The van der Waals surface area contributed by atoms with E-state index in [4.69, 9.17) is 16.3 Å².